The molecule has 21 heavy (non-hydrogen) atoms. The van der Waals surface area contributed by atoms with Crippen molar-refractivity contribution in [1.82, 2.24) is 9.97 Å². The van der Waals surface area contributed by atoms with Gasteiger partial charge >= 0.3 is 5.97 Å². The normalized spacial score (nSPS) is 15.4. The first kappa shape index (κ1) is 17.9. The molecule has 0 spiro atoms. The molecule has 2 atom stereocenters. The number of carbonyl (C=O) groups excluding carboxylic acids is 1. The highest BCUT2D eigenvalue weighted by molar-refractivity contribution is 7.99. The van der Waals surface area contributed by atoms with Crippen molar-refractivity contribution in [2.75, 3.05) is 6.61 Å². The standard InChI is InChI=1S/C15H25N3O2S/c1-7-20-13(19)15(6,16)8-9(2)21-14-17-11(4)10(3)12(5)18-14/h9H,7-8,16H2,1-6H3. The number of nitrogens with two attached hydrogens (primary N) is 1. The molecule has 0 saturated heterocycles. The van der Waals surface area contributed by atoms with Crippen LogP contribution < -0.4 is 5.73 Å². The van der Waals surface area contributed by atoms with Crippen LogP contribution in [0.4, 0.5) is 0 Å². The summed E-state index contributed by atoms with van der Waals surface area (Å²) in [6.45, 7) is 11.8. The lowest BCUT2D eigenvalue weighted by molar-refractivity contribution is -0.149. The minimum Gasteiger partial charge on any atom is -0.465 e. The van der Waals surface area contributed by atoms with Crippen molar-refractivity contribution in [3.05, 3.63) is 17.0 Å². The van der Waals surface area contributed by atoms with Gasteiger partial charge in [0.05, 0.1) is 6.61 Å². The first-order valence-corrected chi connectivity index (χ1v) is 8.00. The maximum Gasteiger partial charge on any atom is 0.325 e. The van der Waals surface area contributed by atoms with Gasteiger partial charge < -0.3 is 10.5 Å². The molecule has 1 heterocycles. The van der Waals surface area contributed by atoms with Gasteiger partial charge in [-0.2, -0.15) is 0 Å². The van der Waals surface area contributed by atoms with E-state index in [2.05, 4.69) is 9.97 Å². The molecular formula is C15H25N3O2S. The van der Waals surface area contributed by atoms with Crippen molar-refractivity contribution < 1.29 is 9.53 Å². The summed E-state index contributed by atoms with van der Waals surface area (Å²) in [6.07, 6.45) is 0.506. The maximum absolute atomic E-state index is 11.8. The van der Waals surface area contributed by atoms with E-state index in [0.29, 0.717) is 13.0 Å². The minimum atomic E-state index is -0.989. The van der Waals surface area contributed by atoms with Crippen LogP contribution in [0.15, 0.2) is 5.16 Å². The molecule has 1 aromatic heterocycles. The van der Waals surface area contributed by atoms with Crippen molar-refractivity contribution in [1.29, 1.82) is 0 Å². The van der Waals surface area contributed by atoms with E-state index >= 15 is 0 Å². The molecular weight excluding hydrogens is 286 g/mol. The molecule has 5 nitrogen and oxygen atoms in total. The highest BCUT2D eigenvalue weighted by Gasteiger charge is 2.32. The topological polar surface area (TPSA) is 78.1 Å². The maximum atomic E-state index is 11.8. The number of nitrogens with zero attached hydrogens (tertiary/aromatic N) is 2. The molecule has 0 aliphatic heterocycles. The van der Waals surface area contributed by atoms with E-state index in [0.717, 1.165) is 22.1 Å². The average molecular weight is 311 g/mol. The van der Waals surface area contributed by atoms with Crippen LogP contribution in [0, 0.1) is 20.8 Å². The Morgan fingerprint density at radius 1 is 1.33 bits per heavy atom. The van der Waals surface area contributed by atoms with Gasteiger partial charge in [-0.3, -0.25) is 4.79 Å². The Morgan fingerprint density at radius 2 is 1.86 bits per heavy atom. The molecule has 0 radical (unpaired) electrons. The van der Waals surface area contributed by atoms with Gasteiger partial charge in [-0.05, 0) is 46.6 Å². The van der Waals surface area contributed by atoms with Gasteiger partial charge in [0.15, 0.2) is 5.16 Å². The van der Waals surface area contributed by atoms with Crippen molar-refractivity contribution in [2.24, 2.45) is 5.73 Å². The monoisotopic (exact) mass is 311 g/mol. The second-order valence-corrected chi connectivity index (χ2v) is 6.98. The molecule has 0 aliphatic carbocycles. The predicted molar refractivity (Wildman–Crippen MR) is 85.4 cm³/mol. The zero-order valence-electron chi connectivity index (χ0n) is 13.7. The average Bonchev–Trinajstić information content (AvgIpc) is 2.35. The zero-order chi connectivity index (χ0) is 16.2. The van der Waals surface area contributed by atoms with Crippen molar-refractivity contribution >= 4 is 17.7 Å². The zero-order valence-corrected chi connectivity index (χ0v) is 14.5. The lowest BCUT2D eigenvalue weighted by atomic mass is 9.98. The van der Waals surface area contributed by atoms with Crippen LogP contribution in [0.5, 0.6) is 0 Å². The number of hydrogen-bond donors (Lipinski definition) is 1. The summed E-state index contributed by atoms with van der Waals surface area (Å²) in [4.78, 5) is 20.8. The molecule has 0 bridgehead atoms. The van der Waals surface area contributed by atoms with Crippen LogP contribution in [0.1, 0.15) is 44.1 Å². The summed E-state index contributed by atoms with van der Waals surface area (Å²) in [7, 11) is 0. The van der Waals surface area contributed by atoms with Crippen LogP contribution in [-0.2, 0) is 9.53 Å². The molecule has 118 valence electrons. The fraction of sp³-hybridized carbons (Fsp3) is 0.667. The first-order chi connectivity index (χ1) is 9.67. The summed E-state index contributed by atoms with van der Waals surface area (Å²) >= 11 is 1.53. The Morgan fingerprint density at radius 3 is 2.33 bits per heavy atom. The fourth-order valence-electron chi connectivity index (χ4n) is 1.99. The Bertz CT molecular complexity index is 495. The van der Waals surface area contributed by atoms with Gasteiger partial charge in [0.25, 0.3) is 0 Å². The highest BCUT2D eigenvalue weighted by Crippen LogP contribution is 2.27. The third-order valence-corrected chi connectivity index (χ3v) is 4.33. The molecule has 0 fully saturated rings. The number of carbonyl (C=O) groups is 1. The van der Waals surface area contributed by atoms with E-state index in [1.807, 2.05) is 27.7 Å². The van der Waals surface area contributed by atoms with Gasteiger partial charge in [-0.15, -0.1) is 0 Å². The summed E-state index contributed by atoms with van der Waals surface area (Å²) in [5, 5.41) is 0.841. The van der Waals surface area contributed by atoms with E-state index in [4.69, 9.17) is 10.5 Å². The summed E-state index contributed by atoms with van der Waals surface area (Å²) in [5.41, 5.74) is 8.15. The SMILES string of the molecule is CCOC(=O)C(C)(N)CC(C)Sc1nc(C)c(C)c(C)n1. The summed E-state index contributed by atoms with van der Waals surface area (Å²) < 4.78 is 5.01. The quantitative estimate of drug-likeness (QED) is 0.494. The molecule has 1 aromatic rings. The van der Waals surface area contributed by atoms with Crippen molar-refractivity contribution in [2.45, 2.75) is 63.9 Å². The van der Waals surface area contributed by atoms with Crippen LogP contribution in [-0.4, -0.2) is 33.3 Å². The van der Waals surface area contributed by atoms with E-state index in [1.54, 1.807) is 13.8 Å². The van der Waals surface area contributed by atoms with E-state index in [9.17, 15) is 4.79 Å². The smallest absolute Gasteiger partial charge is 0.325 e. The number of rotatable bonds is 6. The third kappa shape index (κ3) is 4.97. The second kappa shape index (κ2) is 7.22. The van der Waals surface area contributed by atoms with E-state index < -0.39 is 5.54 Å². The largest absolute Gasteiger partial charge is 0.465 e. The Kier molecular flexibility index (Phi) is 6.16. The molecule has 1 rings (SSSR count). The predicted octanol–water partition coefficient (Wildman–Crippen LogP) is 2.55. The van der Waals surface area contributed by atoms with Gasteiger partial charge in [-0.25, -0.2) is 9.97 Å². The van der Waals surface area contributed by atoms with Crippen molar-refractivity contribution in [3.8, 4) is 0 Å². The molecule has 0 amide bonds. The van der Waals surface area contributed by atoms with E-state index in [-0.39, 0.29) is 11.2 Å². The number of aryl methyl sites for hydroxylation is 2. The van der Waals surface area contributed by atoms with Crippen molar-refractivity contribution in [3.63, 3.8) is 0 Å². The lowest BCUT2D eigenvalue weighted by Crippen LogP contribution is -2.47. The third-order valence-electron chi connectivity index (χ3n) is 3.37. The van der Waals surface area contributed by atoms with Gasteiger partial charge in [0, 0.05) is 16.6 Å². The molecule has 0 aromatic carbocycles. The molecule has 2 N–H and O–H groups in total. The second-order valence-electron chi connectivity index (χ2n) is 5.57. The Balaban J connectivity index is 2.73. The molecule has 0 aliphatic rings. The minimum absolute atomic E-state index is 0.117. The first-order valence-electron chi connectivity index (χ1n) is 7.12. The summed E-state index contributed by atoms with van der Waals surface area (Å²) in [6, 6.07) is 0. The molecule has 0 saturated carbocycles. The summed E-state index contributed by atoms with van der Waals surface area (Å²) in [5.74, 6) is -0.366. The fourth-order valence-corrected chi connectivity index (χ4v) is 3.16. The van der Waals surface area contributed by atoms with Crippen LogP contribution in [0.25, 0.3) is 0 Å². The number of esters is 1. The van der Waals surface area contributed by atoms with Gasteiger partial charge in [-0.1, -0.05) is 18.7 Å². The van der Waals surface area contributed by atoms with Crippen LogP contribution >= 0.6 is 11.8 Å². The van der Waals surface area contributed by atoms with Gasteiger partial charge in [0.1, 0.15) is 5.54 Å². The number of thioether (sulfide) groups is 1. The molecule has 2 unspecified atom stereocenters. The van der Waals surface area contributed by atoms with Gasteiger partial charge in [0.2, 0.25) is 0 Å². The molecule has 6 heteroatoms. The Labute approximate surface area is 131 Å². The number of aromatic nitrogens is 2. The lowest BCUT2D eigenvalue weighted by Gasteiger charge is -2.25. The van der Waals surface area contributed by atoms with Crippen LogP contribution in [0.2, 0.25) is 0 Å². The highest BCUT2D eigenvalue weighted by atomic mass is 32.2. The number of hydrogen-bond acceptors (Lipinski definition) is 6. The van der Waals surface area contributed by atoms with Crippen LogP contribution in [0.3, 0.4) is 0 Å². The van der Waals surface area contributed by atoms with E-state index in [1.165, 1.54) is 11.8 Å². The Hall–Kier alpha value is -1.14. The number of ether oxygens (including phenoxy) is 1.